The van der Waals surface area contributed by atoms with Crippen LogP contribution in [0.2, 0.25) is 0 Å². The molecule has 0 saturated carbocycles. The molecule has 1 aliphatic heterocycles. The fraction of sp³-hybridized carbons (Fsp3) is 0.438. The van der Waals surface area contributed by atoms with E-state index in [1.165, 1.54) is 0 Å². The van der Waals surface area contributed by atoms with Crippen LogP contribution in [0.3, 0.4) is 0 Å². The third kappa shape index (κ3) is 4.29. The molecule has 1 fully saturated rings. The third-order valence-electron chi connectivity index (χ3n) is 3.58. The molecule has 1 saturated heterocycles. The normalized spacial score (nSPS) is 22.3. The molecule has 1 heterocycles. The lowest BCUT2D eigenvalue weighted by Gasteiger charge is -2.37. The summed E-state index contributed by atoms with van der Waals surface area (Å²) in [5.74, 6) is -3.17. The van der Waals surface area contributed by atoms with Crippen LogP contribution >= 0.6 is 0 Å². The number of carbonyl (C=O) groups excluding carboxylic acids is 2. The summed E-state index contributed by atoms with van der Waals surface area (Å²) >= 11 is 0. The summed E-state index contributed by atoms with van der Waals surface area (Å²) in [6.45, 7) is 4.53. The highest BCUT2D eigenvalue weighted by atomic mass is 16.5. The first-order chi connectivity index (χ1) is 10.9. The van der Waals surface area contributed by atoms with Crippen molar-refractivity contribution >= 4 is 17.8 Å². The van der Waals surface area contributed by atoms with Gasteiger partial charge in [0.1, 0.15) is 6.04 Å². The molecule has 0 aliphatic carbocycles. The molecule has 3 atom stereocenters. The summed E-state index contributed by atoms with van der Waals surface area (Å²) in [7, 11) is 0. The van der Waals surface area contributed by atoms with E-state index in [9.17, 15) is 14.4 Å². The van der Waals surface area contributed by atoms with Crippen molar-refractivity contribution in [2.24, 2.45) is 0 Å². The molecule has 0 spiro atoms. The lowest BCUT2D eigenvalue weighted by atomic mass is 10.0. The number of carboxylic acid groups (broad SMARTS) is 1. The van der Waals surface area contributed by atoms with E-state index in [2.05, 4.69) is 5.32 Å². The van der Waals surface area contributed by atoms with Gasteiger partial charge in [0.25, 0.3) is 0 Å². The summed E-state index contributed by atoms with van der Waals surface area (Å²) in [6, 6.07) is 7.57. The highest BCUT2D eigenvalue weighted by molar-refractivity contribution is 6.32. The Morgan fingerprint density at radius 1 is 1.17 bits per heavy atom. The standard InChI is InChI=1S/C16H20N2O5/c1-10-8-18(9-11(2)23-10)15(20)13(17-14(19)16(21)22)12-6-4-3-5-7-12/h3-7,10-11,13H,8-9H2,1-2H3,(H,17,19)(H,21,22)/t10-,11+,13-/m1/s1. The van der Waals surface area contributed by atoms with E-state index < -0.39 is 17.9 Å². The molecule has 0 unspecified atom stereocenters. The van der Waals surface area contributed by atoms with Crippen LogP contribution < -0.4 is 5.32 Å². The summed E-state index contributed by atoms with van der Waals surface area (Å²) in [4.78, 5) is 36.8. The number of hydrogen-bond donors (Lipinski definition) is 2. The van der Waals surface area contributed by atoms with Crippen LogP contribution in [0, 0.1) is 0 Å². The molecule has 2 N–H and O–H groups in total. The van der Waals surface area contributed by atoms with E-state index in [0.29, 0.717) is 18.7 Å². The molecule has 2 rings (SSSR count). The first-order valence-electron chi connectivity index (χ1n) is 7.41. The van der Waals surface area contributed by atoms with Crippen LogP contribution in [0.4, 0.5) is 0 Å². The largest absolute Gasteiger partial charge is 0.474 e. The topological polar surface area (TPSA) is 95.9 Å². The van der Waals surface area contributed by atoms with E-state index in [1.807, 2.05) is 13.8 Å². The van der Waals surface area contributed by atoms with Crippen molar-refractivity contribution in [3.8, 4) is 0 Å². The third-order valence-corrected chi connectivity index (χ3v) is 3.58. The average Bonchev–Trinajstić information content (AvgIpc) is 2.51. The second-order valence-electron chi connectivity index (χ2n) is 5.62. The zero-order chi connectivity index (χ0) is 17.0. The van der Waals surface area contributed by atoms with Crippen LogP contribution in [0.1, 0.15) is 25.5 Å². The van der Waals surface area contributed by atoms with Crippen molar-refractivity contribution in [1.82, 2.24) is 10.2 Å². The Hall–Kier alpha value is -2.41. The van der Waals surface area contributed by atoms with Gasteiger partial charge in [0.15, 0.2) is 0 Å². The van der Waals surface area contributed by atoms with Crippen molar-refractivity contribution in [3.05, 3.63) is 35.9 Å². The van der Waals surface area contributed by atoms with Crippen molar-refractivity contribution < 1.29 is 24.2 Å². The molecular formula is C16H20N2O5. The van der Waals surface area contributed by atoms with Crippen molar-refractivity contribution in [2.75, 3.05) is 13.1 Å². The van der Waals surface area contributed by atoms with Crippen LogP contribution in [0.25, 0.3) is 0 Å². The van der Waals surface area contributed by atoms with Gasteiger partial charge in [-0.3, -0.25) is 9.59 Å². The van der Waals surface area contributed by atoms with Gasteiger partial charge in [0, 0.05) is 13.1 Å². The molecule has 7 nitrogen and oxygen atoms in total. The predicted octanol–water partition coefficient (Wildman–Crippen LogP) is 0.564. The SMILES string of the molecule is C[C@@H]1CN(C(=O)[C@H](NC(=O)C(=O)O)c2ccccc2)C[C@H](C)O1. The number of nitrogens with zero attached hydrogens (tertiary/aromatic N) is 1. The van der Waals surface area contributed by atoms with E-state index in [4.69, 9.17) is 9.84 Å². The van der Waals surface area contributed by atoms with E-state index >= 15 is 0 Å². The maximum absolute atomic E-state index is 12.8. The lowest BCUT2D eigenvalue weighted by Crippen LogP contribution is -2.52. The molecule has 1 aliphatic rings. The van der Waals surface area contributed by atoms with E-state index in [1.54, 1.807) is 35.2 Å². The molecule has 1 aromatic carbocycles. The monoisotopic (exact) mass is 320 g/mol. The molecule has 0 radical (unpaired) electrons. The van der Waals surface area contributed by atoms with Gasteiger partial charge in [-0.1, -0.05) is 30.3 Å². The minimum atomic E-state index is -1.62. The van der Waals surface area contributed by atoms with E-state index in [-0.39, 0.29) is 18.1 Å². The van der Waals surface area contributed by atoms with Crippen molar-refractivity contribution in [2.45, 2.75) is 32.1 Å². The fourth-order valence-electron chi connectivity index (χ4n) is 2.67. The molecular weight excluding hydrogens is 300 g/mol. The lowest BCUT2D eigenvalue weighted by molar-refractivity contribution is -0.153. The highest BCUT2D eigenvalue weighted by Gasteiger charge is 2.33. The number of amides is 2. The zero-order valence-electron chi connectivity index (χ0n) is 13.1. The Morgan fingerprint density at radius 3 is 2.26 bits per heavy atom. The van der Waals surface area contributed by atoms with Crippen LogP contribution in [0.15, 0.2) is 30.3 Å². The Kier molecular flexibility index (Phi) is 5.33. The zero-order valence-corrected chi connectivity index (χ0v) is 13.1. The van der Waals surface area contributed by atoms with Gasteiger partial charge < -0.3 is 20.1 Å². The quantitative estimate of drug-likeness (QED) is 0.794. The summed E-state index contributed by atoms with van der Waals surface area (Å²) in [5, 5.41) is 11.1. The summed E-state index contributed by atoms with van der Waals surface area (Å²) in [6.07, 6.45) is -0.233. The minimum Gasteiger partial charge on any atom is -0.474 e. The van der Waals surface area contributed by atoms with Crippen molar-refractivity contribution in [1.29, 1.82) is 0 Å². The fourth-order valence-corrected chi connectivity index (χ4v) is 2.67. The number of rotatable bonds is 3. The first-order valence-corrected chi connectivity index (χ1v) is 7.41. The molecule has 1 aromatic rings. The number of hydrogen-bond acceptors (Lipinski definition) is 4. The molecule has 7 heteroatoms. The Morgan fingerprint density at radius 2 is 1.74 bits per heavy atom. The Labute approximate surface area is 134 Å². The average molecular weight is 320 g/mol. The van der Waals surface area contributed by atoms with Gasteiger partial charge in [0.2, 0.25) is 5.91 Å². The molecule has 0 bridgehead atoms. The molecule has 0 aromatic heterocycles. The van der Waals surface area contributed by atoms with Gasteiger partial charge in [-0.2, -0.15) is 0 Å². The van der Waals surface area contributed by atoms with Gasteiger partial charge >= 0.3 is 11.9 Å². The van der Waals surface area contributed by atoms with Gasteiger partial charge in [0.05, 0.1) is 12.2 Å². The number of benzene rings is 1. The van der Waals surface area contributed by atoms with Crippen molar-refractivity contribution in [3.63, 3.8) is 0 Å². The second-order valence-corrected chi connectivity index (χ2v) is 5.62. The maximum Gasteiger partial charge on any atom is 0.394 e. The maximum atomic E-state index is 12.8. The number of carbonyl (C=O) groups is 3. The smallest absolute Gasteiger partial charge is 0.394 e. The molecule has 124 valence electrons. The van der Waals surface area contributed by atoms with Gasteiger partial charge in [-0.15, -0.1) is 0 Å². The predicted molar refractivity (Wildman–Crippen MR) is 81.6 cm³/mol. The summed E-state index contributed by atoms with van der Waals surface area (Å²) in [5.41, 5.74) is 0.541. The van der Waals surface area contributed by atoms with Gasteiger partial charge in [-0.25, -0.2) is 4.79 Å². The Balaban J connectivity index is 2.24. The first kappa shape index (κ1) is 17.0. The molecule has 2 amide bonds. The van der Waals surface area contributed by atoms with Crippen LogP contribution in [-0.2, 0) is 19.1 Å². The van der Waals surface area contributed by atoms with Crippen LogP contribution in [0.5, 0.6) is 0 Å². The number of aliphatic carboxylic acids is 1. The molecule has 23 heavy (non-hydrogen) atoms. The second kappa shape index (κ2) is 7.23. The number of nitrogens with one attached hydrogen (secondary N) is 1. The number of ether oxygens (including phenoxy) is 1. The Bertz CT molecular complexity index is 579. The van der Waals surface area contributed by atoms with E-state index in [0.717, 1.165) is 0 Å². The minimum absolute atomic E-state index is 0.116. The highest BCUT2D eigenvalue weighted by Crippen LogP contribution is 2.19. The summed E-state index contributed by atoms with van der Waals surface area (Å²) < 4.78 is 5.60. The number of morpholine rings is 1. The number of carboxylic acids is 1. The van der Waals surface area contributed by atoms with Crippen LogP contribution in [-0.4, -0.2) is 53.1 Å². The van der Waals surface area contributed by atoms with Gasteiger partial charge in [-0.05, 0) is 19.4 Å².